The van der Waals surface area contributed by atoms with Gasteiger partial charge in [-0.05, 0) is 30.7 Å². The van der Waals surface area contributed by atoms with E-state index in [2.05, 4.69) is 12.2 Å². The third kappa shape index (κ3) is 4.85. The molecule has 23 heavy (non-hydrogen) atoms. The number of unbranched alkanes of at least 4 members (excludes halogenated alkanes) is 1. The van der Waals surface area contributed by atoms with Crippen molar-refractivity contribution in [1.82, 2.24) is 0 Å². The van der Waals surface area contributed by atoms with Crippen LogP contribution in [0, 0.1) is 0 Å². The molecule has 0 radical (unpaired) electrons. The van der Waals surface area contributed by atoms with Crippen molar-refractivity contribution in [2.75, 3.05) is 16.8 Å². The average molecular weight is 312 g/mol. The molecule has 0 saturated heterocycles. The van der Waals surface area contributed by atoms with Gasteiger partial charge in [0.25, 0.3) is 0 Å². The molecule has 0 heterocycles. The second-order valence-corrected chi connectivity index (χ2v) is 5.00. The monoisotopic (exact) mass is 312 g/mol. The first-order valence-corrected chi connectivity index (χ1v) is 7.59. The highest BCUT2D eigenvalue weighted by Gasteiger charge is 2.17. The summed E-state index contributed by atoms with van der Waals surface area (Å²) in [5, 5.41) is 2.53. The topological polar surface area (TPSA) is 58.6 Å². The molecule has 2 rings (SSSR count). The van der Waals surface area contributed by atoms with E-state index in [9.17, 15) is 9.59 Å². The first kappa shape index (κ1) is 16.5. The molecule has 2 amide bonds. The lowest BCUT2D eigenvalue weighted by Gasteiger charge is -2.22. The number of carbonyl (C=O) groups excluding carboxylic acids is 2. The van der Waals surface area contributed by atoms with Gasteiger partial charge < -0.3 is 10.1 Å². The summed E-state index contributed by atoms with van der Waals surface area (Å²) in [6.07, 6.45) is 2.01. The molecule has 120 valence electrons. The maximum Gasteiger partial charge on any atom is 0.419 e. The molecule has 0 fully saturated rings. The molecule has 0 bridgehead atoms. The van der Waals surface area contributed by atoms with Crippen molar-refractivity contribution in [3.8, 4) is 5.75 Å². The van der Waals surface area contributed by atoms with Gasteiger partial charge in [0.2, 0.25) is 6.41 Å². The van der Waals surface area contributed by atoms with Gasteiger partial charge in [0, 0.05) is 24.0 Å². The number of ether oxygens (including phenoxy) is 1. The lowest BCUT2D eigenvalue weighted by atomic mass is 10.2. The molecule has 0 aliphatic carbocycles. The van der Waals surface area contributed by atoms with Crippen molar-refractivity contribution in [1.29, 1.82) is 0 Å². The number of nitrogens with one attached hydrogen (secondary N) is 1. The Morgan fingerprint density at radius 2 is 1.96 bits per heavy atom. The van der Waals surface area contributed by atoms with Crippen molar-refractivity contribution >= 4 is 23.9 Å². The average Bonchev–Trinajstić information content (AvgIpc) is 2.57. The van der Waals surface area contributed by atoms with E-state index in [0.29, 0.717) is 24.4 Å². The van der Waals surface area contributed by atoms with E-state index < -0.39 is 6.09 Å². The van der Waals surface area contributed by atoms with Crippen LogP contribution in [0.15, 0.2) is 54.6 Å². The normalized spacial score (nSPS) is 9.96. The van der Waals surface area contributed by atoms with Crippen molar-refractivity contribution in [2.45, 2.75) is 19.8 Å². The molecule has 2 aromatic rings. The number of para-hydroxylation sites is 1. The van der Waals surface area contributed by atoms with Crippen molar-refractivity contribution in [2.24, 2.45) is 0 Å². The summed E-state index contributed by atoms with van der Waals surface area (Å²) in [6, 6.07) is 16.1. The fourth-order valence-corrected chi connectivity index (χ4v) is 2.12. The zero-order valence-corrected chi connectivity index (χ0v) is 13.1. The summed E-state index contributed by atoms with van der Waals surface area (Å²) in [5.41, 5.74) is 1.37. The molecular formula is C18H20N2O3. The van der Waals surface area contributed by atoms with Crippen LogP contribution in [0.3, 0.4) is 0 Å². The smallest absolute Gasteiger partial charge is 0.410 e. The SMILES string of the molecule is CCCCN(C(=O)Oc1cccc(NC=O)c1)c1ccccc1. The van der Waals surface area contributed by atoms with E-state index in [1.165, 1.54) is 0 Å². The minimum atomic E-state index is -0.437. The second kappa shape index (κ2) is 8.58. The maximum atomic E-state index is 12.5. The van der Waals surface area contributed by atoms with Crippen LogP contribution in [0.25, 0.3) is 0 Å². The zero-order valence-electron chi connectivity index (χ0n) is 13.1. The van der Waals surface area contributed by atoms with E-state index >= 15 is 0 Å². The van der Waals surface area contributed by atoms with Gasteiger partial charge >= 0.3 is 6.09 Å². The highest BCUT2D eigenvalue weighted by atomic mass is 16.6. The summed E-state index contributed by atoms with van der Waals surface area (Å²) < 4.78 is 5.45. The first-order chi connectivity index (χ1) is 11.2. The van der Waals surface area contributed by atoms with Gasteiger partial charge in [-0.15, -0.1) is 0 Å². The fraction of sp³-hybridized carbons (Fsp3) is 0.222. The first-order valence-electron chi connectivity index (χ1n) is 7.59. The summed E-state index contributed by atoms with van der Waals surface area (Å²) in [7, 11) is 0. The quantitative estimate of drug-likeness (QED) is 0.784. The summed E-state index contributed by atoms with van der Waals surface area (Å²) in [5.74, 6) is 0.388. The van der Waals surface area contributed by atoms with Gasteiger partial charge in [0.05, 0.1) is 0 Å². The molecule has 0 spiro atoms. The van der Waals surface area contributed by atoms with Crippen molar-refractivity contribution < 1.29 is 14.3 Å². The molecule has 0 atom stereocenters. The zero-order chi connectivity index (χ0) is 16.5. The lowest BCUT2D eigenvalue weighted by molar-refractivity contribution is -0.105. The Bertz CT molecular complexity index is 644. The third-order valence-corrected chi connectivity index (χ3v) is 3.29. The molecule has 0 saturated carbocycles. The number of carbonyl (C=O) groups is 2. The molecule has 0 unspecified atom stereocenters. The predicted octanol–water partition coefficient (Wildman–Crippen LogP) is 4.06. The van der Waals surface area contributed by atoms with E-state index in [-0.39, 0.29) is 0 Å². The largest absolute Gasteiger partial charge is 0.419 e. The summed E-state index contributed by atoms with van der Waals surface area (Å²) in [4.78, 5) is 24.6. The molecule has 2 aromatic carbocycles. The molecule has 0 aliphatic rings. The fourth-order valence-electron chi connectivity index (χ4n) is 2.12. The van der Waals surface area contributed by atoms with Gasteiger partial charge in [-0.2, -0.15) is 0 Å². The van der Waals surface area contributed by atoms with Gasteiger partial charge in [-0.1, -0.05) is 37.6 Å². The van der Waals surface area contributed by atoms with Gasteiger partial charge in [-0.3, -0.25) is 9.69 Å². The number of hydrogen-bond donors (Lipinski definition) is 1. The Morgan fingerprint density at radius 1 is 1.17 bits per heavy atom. The number of anilines is 2. The highest BCUT2D eigenvalue weighted by Crippen LogP contribution is 2.20. The Kier molecular flexibility index (Phi) is 6.17. The molecular weight excluding hydrogens is 292 g/mol. The Balaban J connectivity index is 2.14. The minimum absolute atomic E-state index is 0.388. The van der Waals surface area contributed by atoms with Crippen LogP contribution in [0.5, 0.6) is 5.75 Å². The van der Waals surface area contributed by atoms with Crippen LogP contribution in [0.1, 0.15) is 19.8 Å². The summed E-state index contributed by atoms with van der Waals surface area (Å²) >= 11 is 0. The molecule has 0 aliphatic heterocycles. The van der Waals surface area contributed by atoms with Crippen LogP contribution in [-0.4, -0.2) is 19.0 Å². The minimum Gasteiger partial charge on any atom is -0.410 e. The van der Waals surface area contributed by atoms with Crippen LogP contribution < -0.4 is 15.0 Å². The standard InChI is InChI=1S/C18H20N2O3/c1-2-3-12-20(16-9-5-4-6-10-16)18(22)23-17-11-7-8-15(13-17)19-14-21/h4-11,13-14H,2-3,12H2,1H3,(H,19,21). The van der Waals surface area contributed by atoms with Gasteiger partial charge in [-0.25, -0.2) is 4.79 Å². The molecule has 5 heteroatoms. The maximum absolute atomic E-state index is 12.5. The molecule has 0 aromatic heterocycles. The molecule has 1 N–H and O–H groups in total. The third-order valence-electron chi connectivity index (χ3n) is 3.29. The van der Waals surface area contributed by atoms with Crippen LogP contribution in [0.2, 0.25) is 0 Å². The highest BCUT2D eigenvalue weighted by molar-refractivity contribution is 5.89. The number of amides is 2. The van der Waals surface area contributed by atoms with Gasteiger partial charge in [0.15, 0.2) is 0 Å². The molecule has 5 nitrogen and oxygen atoms in total. The van der Waals surface area contributed by atoms with Gasteiger partial charge in [0.1, 0.15) is 5.75 Å². The Labute approximate surface area is 135 Å². The van der Waals surface area contributed by atoms with Crippen LogP contribution in [-0.2, 0) is 4.79 Å². The van der Waals surface area contributed by atoms with E-state index in [1.54, 1.807) is 29.2 Å². The number of rotatable bonds is 7. The Hall–Kier alpha value is -2.82. The van der Waals surface area contributed by atoms with E-state index in [4.69, 9.17) is 4.74 Å². The van der Waals surface area contributed by atoms with Crippen molar-refractivity contribution in [3.05, 3.63) is 54.6 Å². The number of nitrogens with zero attached hydrogens (tertiary/aromatic N) is 1. The van der Waals surface area contributed by atoms with E-state index in [1.807, 2.05) is 30.3 Å². The summed E-state index contributed by atoms with van der Waals surface area (Å²) in [6.45, 7) is 2.66. The Morgan fingerprint density at radius 3 is 2.65 bits per heavy atom. The van der Waals surface area contributed by atoms with Crippen LogP contribution in [0.4, 0.5) is 16.2 Å². The number of benzene rings is 2. The predicted molar refractivity (Wildman–Crippen MR) is 90.8 cm³/mol. The van der Waals surface area contributed by atoms with Crippen LogP contribution >= 0.6 is 0 Å². The number of hydrogen-bond acceptors (Lipinski definition) is 3. The second-order valence-electron chi connectivity index (χ2n) is 5.00. The van der Waals surface area contributed by atoms with Crippen molar-refractivity contribution in [3.63, 3.8) is 0 Å². The van der Waals surface area contributed by atoms with E-state index in [0.717, 1.165) is 18.5 Å². The lowest BCUT2D eigenvalue weighted by Crippen LogP contribution is -2.34.